The van der Waals surface area contributed by atoms with Crippen molar-refractivity contribution in [3.63, 3.8) is 0 Å². The van der Waals surface area contributed by atoms with Gasteiger partial charge >= 0.3 is 63.9 Å². The van der Waals surface area contributed by atoms with E-state index in [9.17, 15) is 0 Å². The number of hydrogen-bond acceptors (Lipinski definition) is 0. The van der Waals surface area contributed by atoms with Crippen LogP contribution in [0.1, 0.15) is 25.7 Å². The second-order valence-corrected chi connectivity index (χ2v) is 2.83. The van der Waals surface area contributed by atoms with Gasteiger partial charge in [-0.1, -0.05) is 0 Å². The van der Waals surface area contributed by atoms with Crippen LogP contribution < -0.4 is 0 Å². The molecule has 0 aromatic heterocycles. The minimum absolute atomic E-state index is 1.09. The SMILES string of the molecule is [Ni][C]1=CCCC=CCC1. The van der Waals surface area contributed by atoms with Crippen LogP contribution in [-0.2, 0) is 15.5 Å². The van der Waals surface area contributed by atoms with E-state index in [4.69, 9.17) is 15.5 Å². The zero-order valence-electron chi connectivity index (χ0n) is 5.38. The molecule has 1 rings (SSSR count). The molecule has 0 amide bonds. The summed E-state index contributed by atoms with van der Waals surface area (Å²) in [7, 11) is 0. The summed E-state index contributed by atoms with van der Waals surface area (Å²) in [6, 6.07) is 0. The molecule has 0 N–H and O–H groups in total. The normalized spacial score (nSPS) is 20.4. The van der Waals surface area contributed by atoms with Crippen molar-refractivity contribution in [3.05, 3.63) is 22.8 Å². The Morgan fingerprint density at radius 1 is 1.11 bits per heavy atom. The molecule has 0 fully saturated rings. The van der Waals surface area contributed by atoms with Gasteiger partial charge in [0.05, 0.1) is 0 Å². The first-order valence-electron chi connectivity index (χ1n) is 3.36. The van der Waals surface area contributed by atoms with Gasteiger partial charge in [-0.05, 0) is 0 Å². The summed E-state index contributed by atoms with van der Waals surface area (Å²) in [6.07, 6.45) is 11.2. The maximum absolute atomic E-state index is 4.78. The Bertz CT molecular complexity index is 134. The first kappa shape index (κ1) is 7.08. The average Bonchev–Trinajstić information content (AvgIpc) is 1.79. The van der Waals surface area contributed by atoms with Crippen molar-refractivity contribution in [2.45, 2.75) is 25.7 Å². The Kier molecular flexibility index (Phi) is 3.07. The maximum atomic E-state index is 4.78. The fraction of sp³-hybridized carbons (Fsp3) is 0.500. The van der Waals surface area contributed by atoms with Crippen molar-refractivity contribution in [3.8, 4) is 0 Å². The van der Waals surface area contributed by atoms with Crippen LogP contribution in [0.15, 0.2) is 22.8 Å². The topological polar surface area (TPSA) is 0 Å². The second kappa shape index (κ2) is 3.90. The molecule has 0 aromatic rings. The van der Waals surface area contributed by atoms with E-state index in [1.54, 1.807) is 0 Å². The van der Waals surface area contributed by atoms with Gasteiger partial charge in [0.25, 0.3) is 0 Å². The van der Waals surface area contributed by atoms with Crippen LogP contribution in [0.5, 0.6) is 0 Å². The van der Waals surface area contributed by atoms with Crippen LogP contribution in [0.4, 0.5) is 0 Å². The Hall–Kier alpha value is -0.0265. The van der Waals surface area contributed by atoms with Gasteiger partial charge in [0.1, 0.15) is 0 Å². The van der Waals surface area contributed by atoms with E-state index in [1.807, 2.05) is 0 Å². The Labute approximate surface area is 64.4 Å². The summed E-state index contributed by atoms with van der Waals surface area (Å²) >= 11 is 4.78. The van der Waals surface area contributed by atoms with Gasteiger partial charge in [-0.25, -0.2) is 0 Å². The van der Waals surface area contributed by atoms with Crippen molar-refractivity contribution in [1.29, 1.82) is 0 Å². The minimum atomic E-state index is 1.09. The molecule has 1 aliphatic rings. The third-order valence-corrected chi connectivity index (χ3v) is 1.84. The molecule has 0 radical (unpaired) electrons. The van der Waals surface area contributed by atoms with Crippen molar-refractivity contribution in [1.82, 2.24) is 0 Å². The van der Waals surface area contributed by atoms with E-state index in [-0.39, 0.29) is 0 Å². The van der Waals surface area contributed by atoms with Gasteiger partial charge in [-0.2, -0.15) is 0 Å². The molecule has 0 saturated carbocycles. The molecule has 0 spiro atoms. The monoisotopic (exact) mass is 165 g/mol. The van der Waals surface area contributed by atoms with Crippen LogP contribution in [0.2, 0.25) is 0 Å². The van der Waals surface area contributed by atoms with Crippen LogP contribution in [-0.4, -0.2) is 0 Å². The molecule has 0 saturated heterocycles. The zero-order chi connectivity index (χ0) is 6.53. The zero-order valence-corrected chi connectivity index (χ0v) is 6.36. The summed E-state index contributed by atoms with van der Waals surface area (Å²) in [6.45, 7) is 0. The Morgan fingerprint density at radius 2 is 1.89 bits per heavy atom. The molecular weight excluding hydrogens is 155 g/mol. The first-order chi connectivity index (χ1) is 4.39. The Morgan fingerprint density at radius 3 is 2.78 bits per heavy atom. The third kappa shape index (κ3) is 2.86. The van der Waals surface area contributed by atoms with Crippen molar-refractivity contribution >= 4 is 0 Å². The van der Waals surface area contributed by atoms with E-state index in [1.165, 1.54) is 11.0 Å². The molecule has 9 heavy (non-hydrogen) atoms. The van der Waals surface area contributed by atoms with Crippen LogP contribution >= 0.6 is 0 Å². The van der Waals surface area contributed by atoms with Gasteiger partial charge in [-0.3, -0.25) is 0 Å². The van der Waals surface area contributed by atoms with Crippen molar-refractivity contribution < 1.29 is 15.5 Å². The summed E-state index contributed by atoms with van der Waals surface area (Å²) in [5.74, 6) is 0. The average molecular weight is 166 g/mol. The summed E-state index contributed by atoms with van der Waals surface area (Å²) in [4.78, 5) is 0. The number of rotatable bonds is 0. The summed E-state index contributed by atoms with van der Waals surface area (Å²) < 4.78 is 1.18. The number of allylic oxidation sites excluding steroid dienone is 4. The van der Waals surface area contributed by atoms with E-state index >= 15 is 0 Å². The Balaban J connectivity index is 2.41. The van der Waals surface area contributed by atoms with Gasteiger partial charge in [0.2, 0.25) is 0 Å². The molecule has 0 unspecified atom stereocenters. The molecule has 1 aliphatic carbocycles. The van der Waals surface area contributed by atoms with Crippen LogP contribution in [0, 0.1) is 0 Å². The number of hydrogen-bond donors (Lipinski definition) is 0. The predicted molar refractivity (Wildman–Crippen MR) is 35.7 cm³/mol. The molecule has 0 heterocycles. The molecule has 0 aliphatic heterocycles. The molecule has 0 nitrogen and oxygen atoms in total. The van der Waals surface area contributed by atoms with E-state index in [2.05, 4.69) is 18.2 Å². The fourth-order valence-corrected chi connectivity index (χ4v) is 1.16. The molecular formula is C8H11Ni. The van der Waals surface area contributed by atoms with Crippen molar-refractivity contribution in [2.24, 2.45) is 0 Å². The molecule has 0 atom stereocenters. The van der Waals surface area contributed by atoms with Gasteiger partial charge in [-0.15, -0.1) is 0 Å². The fourth-order valence-electron chi connectivity index (χ4n) is 0.877. The van der Waals surface area contributed by atoms with Crippen molar-refractivity contribution in [2.75, 3.05) is 0 Å². The quantitative estimate of drug-likeness (QED) is 0.383. The van der Waals surface area contributed by atoms with Crippen LogP contribution in [0.25, 0.3) is 0 Å². The molecule has 53 valence electrons. The second-order valence-electron chi connectivity index (χ2n) is 2.20. The van der Waals surface area contributed by atoms with E-state index < -0.39 is 0 Å². The summed E-state index contributed by atoms with van der Waals surface area (Å²) in [5, 5.41) is 0. The molecule has 1 heteroatoms. The predicted octanol–water partition coefficient (Wildman–Crippen LogP) is 2.55. The standard InChI is InChI=1S/C8H11.Ni/c1-2-4-6-8-7-5-3-1;/h1-2,7H,3-6H2;. The van der Waals surface area contributed by atoms with Crippen LogP contribution in [0.3, 0.4) is 0 Å². The molecule has 0 aromatic carbocycles. The van der Waals surface area contributed by atoms with Gasteiger partial charge < -0.3 is 0 Å². The summed E-state index contributed by atoms with van der Waals surface area (Å²) in [5.41, 5.74) is 0. The first-order valence-corrected chi connectivity index (χ1v) is 3.85. The van der Waals surface area contributed by atoms with Gasteiger partial charge in [0, 0.05) is 0 Å². The van der Waals surface area contributed by atoms with Gasteiger partial charge in [0.15, 0.2) is 0 Å². The van der Waals surface area contributed by atoms with E-state index in [0.717, 1.165) is 19.3 Å². The van der Waals surface area contributed by atoms with E-state index in [0.29, 0.717) is 0 Å². The third-order valence-electron chi connectivity index (χ3n) is 1.39. The molecule has 0 bridgehead atoms.